The molecule has 2 aliphatic rings. The number of fused-ring (bicyclic) bond motifs is 1. The monoisotopic (exact) mass is 402 g/mol. The van der Waals surface area contributed by atoms with Gasteiger partial charge in [0.05, 0.1) is 0 Å². The van der Waals surface area contributed by atoms with Crippen molar-refractivity contribution < 1.29 is 22.7 Å². The Bertz CT molecular complexity index is 965. The Morgan fingerprint density at radius 2 is 1.93 bits per heavy atom. The summed E-state index contributed by atoms with van der Waals surface area (Å²) in [5, 5.41) is 3.30. The Morgan fingerprint density at radius 3 is 2.59 bits per heavy atom. The van der Waals surface area contributed by atoms with Crippen LogP contribution < -0.4 is 10.1 Å². The highest BCUT2D eigenvalue weighted by atomic mass is 19.4. The van der Waals surface area contributed by atoms with Gasteiger partial charge in [0, 0.05) is 25.2 Å². The lowest BCUT2D eigenvalue weighted by Crippen LogP contribution is -2.23. The van der Waals surface area contributed by atoms with Crippen molar-refractivity contribution in [2.45, 2.75) is 32.8 Å². The van der Waals surface area contributed by atoms with Crippen molar-refractivity contribution in [3.05, 3.63) is 70.3 Å². The number of hydrogen-bond acceptors (Lipinski definition) is 3. The summed E-state index contributed by atoms with van der Waals surface area (Å²) in [6.07, 6.45) is -1.57. The van der Waals surface area contributed by atoms with E-state index >= 15 is 0 Å². The van der Waals surface area contributed by atoms with E-state index in [4.69, 9.17) is 0 Å². The Morgan fingerprint density at radius 1 is 1.17 bits per heavy atom. The van der Waals surface area contributed by atoms with Crippen LogP contribution in [0.3, 0.4) is 0 Å². The highest BCUT2D eigenvalue weighted by molar-refractivity contribution is 6.00. The molecule has 0 aliphatic carbocycles. The zero-order chi connectivity index (χ0) is 20.6. The summed E-state index contributed by atoms with van der Waals surface area (Å²) in [7, 11) is 0. The maximum absolute atomic E-state index is 12.9. The van der Waals surface area contributed by atoms with Crippen molar-refractivity contribution in [1.82, 2.24) is 10.2 Å². The standard InChI is InChI=1S/C22H21F3N2O2/c1-14-10-17(16-6-8-26-9-7-16)11-18-13-27(21(28)20(14)18)12-15-2-4-19(5-3-15)29-22(23,24)25/h2-6,10-11,26H,7-9,12-13H2,1H3. The molecule has 0 unspecified atom stereocenters. The van der Waals surface area contributed by atoms with Crippen molar-refractivity contribution in [2.75, 3.05) is 13.1 Å². The molecular weight excluding hydrogens is 381 g/mol. The van der Waals surface area contributed by atoms with Gasteiger partial charge in [-0.25, -0.2) is 0 Å². The summed E-state index contributed by atoms with van der Waals surface area (Å²) in [4.78, 5) is 14.6. The van der Waals surface area contributed by atoms with Crippen LogP contribution in [0.2, 0.25) is 0 Å². The molecule has 2 aromatic rings. The molecule has 0 saturated carbocycles. The number of amides is 1. The van der Waals surface area contributed by atoms with Gasteiger partial charge in [-0.1, -0.05) is 24.3 Å². The number of ether oxygens (including phenoxy) is 1. The fraction of sp³-hybridized carbons (Fsp3) is 0.318. The van der Waals surface area contributed by atoms with Gasteiger partial charge < -0.3 is 15.0 Å². The van der Waals surface area contributed by atoms with Crippen molar-refractivity contribution in [1.29, 1.82) is 0 Å². The van der Waals surface area contributed by atoms with Gasteiger partial charge in [-0.3, -0.25) is 4.79 Å². The number of halogens is 3. The average molecular weight is 402 g/mol. The molecule has 0 radical (unpaired) electrons. The average Bonchev–Trinajstić information content (AvgIpc) is 2.99. The Labute approximate surface area is 167 Å². The zero-order valence-corrected chi connectivity index (χ0v) is 16.0. The van der Waals surface area contributed by atoms with E-state index in [2.05, 4.69) is 28.3 Å². The molecular formula is C22H21F3N2O2. The van der Waals surface area contributed by atoms with Gasteiger partial charge >= 0.3 is 6.36 Å². The number of benzene rings is 2. The topological polar surface area (TPSA) is 41.6 Å². The van der Waals surface area contributed by atoms with E-state index in [1.165, 1.54) is 17.7 Å². The van der Waals surface area contributed by atoms with Crippen LogP contribution in [0.1, 0.15) is 39.0 Å². The van der Waals surface area contributed by atoms with Gasteiger partial charge in [-0.05, 0) is 65.9 Å². The first-order valence-corrected chi connectivity index (χ1v) is 9.48. The summed E-state index contributed by atoms with van der Waals surface area (Å²) in [6.45, 7) is 4.58. The number of aryl methyl sites for hydroxylation is 1. The molecule has 0 atom stereocenters. The highest BCUT2D eigenvalue weighted by Gasteiger charge is 2.32. The van der Waals surface area contributed by atoms with E-state index in [0.29, 0.717) is 13.1 Å². The van der Waals surface area contributed by atoms with Crippen LogP contribution in [0.25, 0.3) is 5.57 Å². The van der Waals surface area contributed by atoms with Gasteiger partial charge in [-0.2, -0.15) is 0 Å². The summed E-state index contributed by atoms with van der Waals surface area (Å²) < 4.78 is 40.8. The molecule has 0 aromatic heterocycles. The first kappa shape index (κ1) is 19.5. The van der Waals surface area contributed by atoms with E-state index in [9.17, 15) is 18.0 Å². The molecule has 152 valence electrons. The van der Waals surface area contributed by atoms with Gasteiger partial charge in [0.25, 0.3) is 5.91 Å². The molecule has 4 nitrogen and oxygen atoms in total. The predicted octanol–water partition coefficient (Wildman–Crippen LogP) is 4.43. The van der Waals surface area contributed by atoms with Crippen LogP contribution in [0.5, 0.6) is 5.75 Å². The third-order valence-corrected chi connectivity index (χ3v) is 5.24. The van der Waals surface area contributed by atoms with Crippen LogP contribution in [0.15, 0.2) is 42.5 Å². The van der Waals surface area contributed by atoms with E-state index < -0.39 is 6.36 Å². The molecule has 0 fully saturated rings. The second-order valence-electron chi connectivity index (χ2n) is 7.36. The molecule has 0 spiro atoms. The molecule has 7 heteroatoms. The summed E-state index contributed by atoms with van der Waals surface area (Å²) >= 11 is 0. The van der Waals surface area contributed by atoms with E-state index in [0.717, 1.165) is 47.3 Å². The smallest absolute Gasteiger partial charge is 0.406 e. The number of carbonyl (C=O) groups is 1. The molecule has 4 rings (SSSR count). The Kier molecular flexibility index (Phi) is 5.08. The normalized spacial score (nSPS) is 16.6. The molecule has 2 heterocycles. The lowest BCUT2D eigenvalue weighted by molar-refractivity contribution is -0.274. The first-order chi connectivity index (χ1) is 13.8. The van der Waals surface area contributed by atoms with Gasteiger partial charge in [0.15, 0.2) is 0 Å². The maximum Gasteiger partial charge on any atom is 0.573 e. The molecule has 0 saturated heterocycles. The second kappa shape index (κ2) is 7.55. The largest absolute Gasteiger partial charge is 0.573 e. The molecule has 1 N–H and O–H groups in total. The summed E-state index contributed by atoms with van der Waals surface area (Å²) in [6, 6.07) is 9.80. The second-order valence-corrected chi connectivity index (χ2v) is 7.36. The summed E-state index contributed by atoms with van der Waals surface area (Å²) in [5.41, 5.74) is 5.89. The van der Waals surface area contributed by atoms with Gasteiger partial charge in [-0.15, -0.1) is 13.2 Å². The van der Waals surface area contributed by atoms with Crippen LogP contribution in [-0.2, 0) is 13.1 Å². The van der Waals surface area contributed by atoms with Crippen molar-refractivity contribution in [3.8, 4) is 5.75 Å². The third kappa shape index (κ3) is 4.29. The molecule has 29 heavy (non-hydrogen) atoms. The lowest BCUT2D eigenvalue weighted by Gasteiger charge is -2.16. The minimum absolute atomic E-state index is 0.0426. The molecule has 2 aliphatic heterocycles. The number of rotatable bonds is 4. The van der Waals surface area contributed by atoms with Gasteiger partial charge in [0.1, 0.15) is 5.75 Å². The summed E-state index contributed by atoms with van der Waals surface area (Å²) in [5.74, 6) is -0.313. The lowest BCUT2D eigenvalue weighted by atomic mass is 9.93. The fourth-order valence-corrected chi connectivity index (χ4v) is 3.94. The predicted molar refractivity (Wildman–Crippen MR) is 103 cm³/mol. The Hall–Kier alpha value is -2.80. The van der Waals surface area contributed by atoms with Crippen molar-refractivity contribution >= 4 is 11.5 Å². The SMILES string of the molecule is Cc1cc(C2=CCNCC2)cc2c1C(=O)N(Cc1ccc(OC(F)(F)F)cc1)C2. The van der Waals surface area contributed by atoms with Crippen LogP contribution in [0.4, 0.5) is 13.2 Å². The number of nitrogens with one attached hydrogen (secondary N) is 1. The van der Waals surface area contributed by atoms with Crippen molar-refractivity contribution in [3.63, 3.8) is 0 Å². The van der Waals surface area contributed by atoms with E-state index in [1.807, 2.05) is 6.92 Å². The van der Waals surface area contributed by atoms with Crippen LogP contribution in [0, 0.1) is 6.92 Å². The van der Waals surface area contributed by atoms with Crippen molar-refractivity contribution in [2.24, 2.45) is 0 Å². The highest BCUT2D eigenvalue weighted by Crippen LogP contribution is 2.32. The molecule has 2 aromatic carbocycles. The van der Waals surface area contributed by atoms with E-state index in [1.54, 1.807) is 17.0 Å². The third-order valence-electron chi connectivity index (χ3n) is 5.24. The Balaban J connectivity index is 1.51. The molecule has 1 amide bonds. The minimum Gasteiger partial charge on any atom is -0.406 e. The quantitative estimate of drug-likeness (QED) is 0.823. The maximum atomic E-state index is 12.9. The van der Waals surface area contributed by atoms with E-state index in [-0.39, 0.29) is 11.7 Å². The van der Waals surface area contributed by atoms with Gasteiger partial charge in [0.2, 0.25) is 0 Å². The number of hydrogen-bond donors (Lipinski definition) is 1. The zero-order valence-electron chi connectivity index (χ0n) is 16.0. The van der Waals surface area contributed by atoms with Crippen LogP contribution >= 0.6 is 0 Å². The van der Waals surface area contributed by atoms with Crippen LogP contribution in [-0.4, -0.2) is 30.3 Å². The first-order valence-electron chi connectivity index (χ1n) is 9.48. The fourth-order valence-electron chi connectivity index (χ4n) is 3.94. The number of alkyl halides is 3. The minimum atomic E-state index is -4.72. The molecule has 0 bridgehead atoms. The number of carbonyl (C=O) groups excluding carboxylic acids is 1. The number of nitrogens with zero attached hydrogens (tertiary/aromatic N) is 1.